The van der Waals surface area contributed by atoms with Gasteiger partial charge in [0.15, 0.2) is 11.5 Å². The van der Waals surface area contributed by atoms with Crippen molar-refractivity contribution in [1.82, 2.24) is 14.9 Å². The van der Waals surface area contributed by atoms with E-state index in [4.69, 9.17) is 5.26 Å². The van der Waals surface area contributed by atoms with Crippen molar-refractivity contribution in [3.8, 4) is 6.07 Å². The Bertz CT molecular complexity index is 798. The molecule has 1 amide bonds. The summed E-state index contributed by atoms with van der Waals surface area (Å²) >= 11 is 3.47. The van der Waals surface area contributed by atoms with Gasteiger partial charge in [0, 0.05) is 37.0 Å². The molecule has 0 aliphatic carbocycles. The lowest BCUT2D eigenvalue weighted by Crippen LogP contribution is -2.60. The van der Waals surface area contributed by atoms with Gasteiger partial charge in [-0.1, -0.05) is 34.1 Å². The summed E-state index contributed by atoms with van der Waals surface area (Å²) in [6.45, 7) is 1.32. The molecular formula is C17H16BrN5O. The van der Waals surface area contributed by atoms with Crippen LogP contribution in [0.4, 0.5) is 5.82 Å². The zero-order valence-corrected chi connectivity index (χ0v) is 14.8. The minimum absolute atomic E-state index is 0.0752. The van der Waals surface area contributed by atoms with Crippen molar-refractivity contribution < 1.29 is 4.79 Å². The maximum absolute atomic E-state index is 12.5. The average molecular weight is 386 g/mol. The first kappa shape index (κ1) is 16.4. The Morgan fingerprint density at radius 2 is 2.08 bits per heavy atom. The van der Waals surface area contributed by atoms with E-state index in [1.54, 1.807) is 11.1 Å². The van der Waals surface area contributed by atoms with E-state index in [0.717, 1.165) is 10.0 Å². The van der Waals surface area contributed by atoms with Gasteiger partial charge in [0.25, 0.3) is 0 Å². The SMILES string of the molecule is CN(C(=O)Cc1ccccc1Br)C1CN(c2nccnc2C#N)C1. The molecule has 1 saturated heterocycles. The monoisotopic (exact) mass is 385 g/mol. The number of nitriles is 1. The third-order valence-corrected chi connectivity index (χ3v) is 4.96. The summed E-state index contributed by atoms with van der Waals surface area (Å²) in [5.74, 6) is 0.661. The third kappa shape index (κ3) is 3.24. The third-order valence-electron chi connectivity index (χ3n) is 4.19. The number of rotatable bonds is 4. The van der Waals surface area contributed by atoms with E-state index < -0.39 is 0 Å². The van der Waals surface area contributed by atoms with Crippen molar-refractivity contribution in [3.05, 3.63) is 52.4 Å². The second-order valence-electron chi connectivity index (χ2n) is 5.67. The highest BCUT2D eigenvalue weighted by Crippen LogP contribution is 2.24. The summed E-state index contributed by atoms with van der Waals surface area (Å²) in [6, 6.07) is 9.91. The van der Waals surface area contributed by atoms with Crippen LogP contribution in [-0.4, -0.2) is 47.0 Å². The van der Waals surface area contributed by atoms with E-state index >= 15 is 0 Å². The summed E-state index contributed by atoms with van der Waals surface area (Å²) in [5, 5.41) is 9.09. The summed E-state index contributed by atoms with van der Waals surface area (Å²) in [4.78, 5) is 24.5. The number of amides is 1. The van der Waals surface area contributed by atoms with E-state index in [1.165, 1.54) is 6.20 Å². The van der Waals surface area contributed by atoms with Crippen LogP contribution in [0.15, 0.2) is 41.1 Å². The molecule has 1 aromatic carbocycles. The van der Waals surface area contributed by atoms with Crippen LogP contribution >= 0.6 is 15.9 Å². The van der Waals surface area contributed by atoms with Gasteiger partial charge in [-0.3, -0.25) is 4.79 Å². The fourth-order valence-electron chi connectivity index (χ4n) is 2.65. The number of likely N-dealkylation sites (N-methyl/N-ethyl adjacent to an activating group) is 1. The van der Waals surface area contributed by atoms with E-state index in [-0.39, 0.29) is 11.9 Å². The Labute approximate surface area is 148 Å². The van der Waals surface area contributed by atoms with Gasteiger partial charge in [-0.15, -0.1) is 0 Å². The minimum Gasteiger partial charge on any atom is -0.350 e. The summed E-state index contributed by atoms with van der Waals surface area (Å²) in [7, 11) is 1.82. The molecule has 0 unspecified atom stereocenters. The van der Waals surface area contributed by atoms with Gasteiger partial charge < -0.3 is 9.80 Å². The quantitative estimate of drug-likeness (QED) is 0.804. The van der Waals surface area contributed by atoms with Gasteiger partial charge in [-0.25, -0.2) is 9.97 Å². The van der Waals surface area contributed by atoms with Gasteiger partial charge in [-0.05, 0) is 11.6 Å². The van der Waals surface area contributed by atoms with Crippen LogP contribution in [0.25, 0.3) is 0 Å². The Morgan fingerprint density at radius 3 is 2.79 bits per heavy atom. The first-order chi connectivity index (χ1) is 11.6. The highest BCUT2D eigenvalue weighted by atomic mass is 79.9. The minimum atomic E-state index is 0.0752. The normalized spacial score (nSPS) is 14.0. The summed E-state index contributed by atoms with van der Waals surface area (Å²) < 4.78 is 0.945. The first-order valence-corrected chi connectivity index (χ1v) is 8.34. The van der Waals surface area contributed by atoms with Gasteiger partial charge in [0.05, 0.1) is 12.5 Å². The lowest BCUT2D eigenvalue weighted by atomic mass is 10.1. The Morgan fingerprint density at radius 1 is 1.38 bits per heavy atom. The van der Waals surface area contributed by atoms with Gasteiger partial charge in [0.1, 0.15) is 6.07 Å². The number of benzene rings is 1. The molecule has 122 valence electrons. The fraction of sp³-hybridized carbons (Fsp3) is 0.294. The molecule has 1 aliphatic rings. The molecule has 3 rings (SSSR count). The molecule has 0 bridgehead atoms. The molecule has 6 nitrogen and oxygen atoms in total. The maximum Gasteiger partial charge on any atom is 0.227 e. The molecule has 1 fully saturated rings. The molecule has 1 aromatic heterocycles. The second-order valence-corrected chi connectivity index (χ2v) is 6.53. The van der Waals surface area contributed by atoms with Crippen LogP contribution in [-0.2, 0) is 11.2 Å². The van der Waals surface area contributed by atoms with E-state index in [9.17, 15) is 4.79 Å². The maximum atomic E-state index is 12.5. The Kier molecular flexibility index (Phi) is 4.76. The van der Waals surface area contributed by atoms with Crippen molar-refractivity contribution in [2.24, 2.45) is 0 Å². The number of nitrogens with zero attached hydrogens (tertiary/aromatic N) is 5. The molecule has 0 saturated carbocycles. The largest absolute Gasteiger partial charge is 0.350 e. The van der Waals surface area contributed by atoms with Gasteiger partial charge in [-0.2, -0.15) is 5.26 Å². The van der Waals surface area contributed by atoms with Crippen molar-refractivity contribution >= 4 is 27.7 Å². The molecule has 0 N–H and O–H groups in total. The number of aromatic nitrogens is 2. The highest BCUT2D eigenvalue weighted by molar-refractivity contribution is 9.10. The number of anilines is 1. The van der Waals surface area contributed by atoms with Gasteiger partial charge >= 0.3 is 0 Å². The number of carbonyl (C=O) groups is 1. The van der Waals surface area contributed by atoms with Crippen LogP contribution in [0, 0.1) is 11.3 Å². The van der Waals surface area contributed by atoms with Crippen LogP contribution < -0.4 is 4.90 Å². The smallest absolute Gasteiger partial charge is 0.227 e. The molecule has 1 aliphatic heterocycles. The molecule has 2 heterocycles. The fourth-order valence-corrected chi connectivity index (χ4v) is 3.07. The van der Waals surface area contributed by atoms with Crippen molar-refractivity contribution in [2.45, 2.75) is 12.5 Å². The molecule has 0 atom stereocenters. The zero-order valence-electron chi connectivity index (χ0n) is 13.2. The van der Waals surface area contributed by atoms with Crippen LogP contribution in [0.1, 0.15) is 11.3 Å². The van der Waals surface area contributed by atoms with Crippen molar-refractivity contribution in [2.75, 3.05) is 25.0 Å². The topological polar surface area (TPSA) is 73.1 Å². The predicted octanol–water partition coefficient (Wildman–Crippen LogP) is 2.00. The number of carbonyl (C=O) groups excluding carboxylic acids is 1. The summed E-state index contributed by atoms with van der Waals surface area (Å²) in [5.41, 5.74) is 1.30. The van der Waals surface area contributed by atoms with Crippen molar-refractivity contribution in [1.29, 1.82) is 5.26 Å². The molecule has 2 aromatic rings. The van der Waals surface area contributed by atoms with Crippen molar-refractivity contribution in [3.63, 3.8) is 0 Å². The Hall–Kier alpha value is -2.46. The van der Waals surface area contributed by atoms with Crippen LogP contribution in [0.2, 0.25) is 0 Å². The number of hydrogen-bond acceptors (Lipinski definition) is 5. The van der Waals surface area contributed by atoms with E-state index in [0.29, 0.717) is 31.0 Å². The standard InChI is InChI=1S/C17H16BrN5O/c1-22(16(24)8-12-4-2-3-5-14(12)18)13-10-23(11-13)17-15(9-19)20-6-7-21-17/h2-7,13H,8,10-11H2,1H3. The predicted molar refractivity (Wildman–Crippen MR) is 93.4 cm³/mol. The number of halogens is 1. The van der Waals surface area contributed by atoms with Crippen LogP contribution in [0.5, 0.6) is 0 Å². The first-order valence-electron chi connectivity index (χ1n) is 7.55. The molecule has 0 spiro atoms. The molecule has 0 radical (unpaired) electrons. The molecular weight excluding hydrogens is 370 g/mol. The lowest BCUT2D eigenvalue weighted by Gasteiger charge is -2.44. The Balaban J connectivity index is 1.60. The number of hydrogen-bond donors (Lipinski definition) is 0. The van der Waals surface area contributed by atoms with E-state index in [1.807, 2.05) is 42.3 Å². The van der Waals surface area contributed by atoms with Gasteiger partial charge in [0.2, 0.25) is 5.91 Å². The van der Waals surface area contributed by atoms with E-state index in [2.05, 4.69) is 25.9 Å². The van der Waals surface area contributed by atoms with Crippen LogP contribution in [0.3, 0.4) is 0 Å². The second kappa shape index (κ2) is 6.97. The highest BCUT2D eigenvalue weighted by Gasteiger charge is 2.34. The zero-order chi connectivity index (χ0) is 17.1. The average Bonchev–Trinajstić information content (AvgIpc) is 2.56. The lowest BCUT2D eigenvalue weighted by molar-refractivity contribution is -0.131. The molecule has 7 heteroatoms. The molecule has 24 heavy (non-hydrogen) atoms. The summed E-state index contributed by atoms with van der Waals surface area (Å²) in [6.07, 6.45) is 3.45.